The number of benzene rings is 2. The molecule has 7 heteroatoms. The van der Waals surface area contributed by atoms with Crippen molar-refractivity contribution in [2.75, 3.05) is 11.4 Å². The lowest BCUT2D eigenvalue weighted by molar-refractivity contribution is 0.0980. The van der Waals surface area contributed by atoms with Crippen LogP contribution in [-0.2, 0) is 15.4 Å². The van der Waals surface area contributed by atoms with E-state index in [4.69, 9.17) is 0 Å². The molecule has 0 aromatic heterocycles. The molecule has 0 radical (unpaired) electrons. The van der Waals surface area contributed by atoms with Crippen LogP contribution in [0.5, 0.6) is 0 Å². The van der Waals surface area contributed by atoms with E-state index >= 15 is 0 Å². The number of hydrogen-bond donors (Lipinski definition) is 1. The fourth-order valence-corrected chi connectivity index (χ4v) is 7.69. The minimum atomic E-state index is -3.69. The van der Waals surface area contributed by atoms with Crippen LogP contribution in [0.1, 0.15) is 81.1 Å². The Labute approximate surface area is 211 Å². The highest BCUT2D eigenvalue weighted by molar-refractivity contribution is 9.10. The molecule has 0 atom stereocenters. The van der Waals surface area contributed by atoms with Crippen molar-refractivity contribution in [2.24, 2.45) is 5.41 Å². The van der Waals surface area contributed by atoms with Gasteiger partial charge in [0.2, 0.25) is 10.0 Å². The topological polar surface area (TPSA) is 66.5 Å². The molecule has 182 valence electrons. The average molecular weight is 546 g/mol. The van der Waals surface area contributed by atoms with Crippen LogP contribution < -0.4 is 9.62 Å². The molecule has 0 unspecified atom stereocenters. The number of sulfonamides is 1. The molecule has 2 saturated carbocycles. The van der Waals surface area contributed by atoms with Gasteiger partial charge in [-0.1, -0.05) is 35.8 Å². The van der Waals surface area contributed by atoms with Crippen LogP contribution >= 0.6 is 15.9 Å². The van der Waals surface area contributed by atoms with Gasteiger partial charge < -0.3 is 4.90 Å². The zero-order valence-electron chi connectivity index (χ0n) is 19.9. The van der Waals surface area contributed by atoms with Gasteiger partial charge in [-0.25, -0.2) is 13.1 Å². The third kappa shape index (κ3) is 4.24. The van der Waals surface area contributed by atoms with E-state index in [1.165, 1.54) is 37.3 Å². The van der Waals surface area contributed by atoms with Crippen molar-refractivity contribution in [1.82, 2.24) is 4.72 Å². The maximum Gasteiger partial charge on any atom is 0.258 e. The van der Waals surface area contributed by atoms with Gasteiger partial charge >= 0.3 is 0 Å². The fourth-order valence-electron chi connectivity index (χ4n) is 5.88. The Balaban J connectivity index is 1.45. The van der Waals surface area contributed by atoms with Gasteiger partial charge in [0.25, 0.3) is 5.91 Å². The van der Waals surface area contributed by atoms with Gasteiger partial charge in [-0.15, -0.1) is 0 Å². The average Bonchev–Trinajstić information content (AvgIpc) is 3.54. The summed E-state index contributed by atoms with van der Waals surface area (Å²) in [6.07, 6.45) is 8.82. The molecular formula is C27H33BrN2O3S. The monoisotopic (exact) mass is 544 g/mol. The first-order chi connectivity index (χ1) is 16.2. The molecule has 1 aliphatic heterocycles. The minimum Gasteiger partial charge on any atom is -0.307 e. The molecule has 2 fully saturated rings. The van der Waals surface area contributed by atoms with E-state index < -0.39 is 10.0 Å². The number of anilines is 1. The van der Waals surface area contributed by atoms with Gasteiger partial charge in [-0.3, -0.25) is 4.79 Å². The van der Waals surface area contributed by atoms with Gasteiger partial charge in [0, 0.05) is 33.7 Å². The summed E-state index contributed by atoms with van der Waals surface area (Å²) in [4.78, 5) is 15.8. The highest BCUT2D eigenvalue weighted by Gasteiger charge is 2.53. The molecule has 1 N–H and O–H groups in total. The predicted molar refractivity (Wildman–Crippen MR) is 139 cm³/mol. The van der Waals surface area contributed by atoms with E-state index in [2.05, 4.69) is 26.7 Å². The van der Waals surface area contributed by atoms with Crippen molar-refractivity contribution < 1.29 is 13.2 Å². The molecule has 1 amide bonds. The molecular weight excluding hydrogens is 512 g/mol. The van der Waals surface area contributed by atoms with E-state index in [9.17, 15) is 13.2 Å². The van der Waals surface area contributed by atoms with Gasteiger partial charge in [-0.05, 0) is 98.7 Å². The summed E-state index contributed by atoms with van der Waals surface area (Å²) in [5, 5.41) is 0. The largest absolute Gasteiger partial charge is 0.307 e. The Bertz CT molecular complexity index is 1210. The zero-order chi connectivity index (χ0) is 24.1. The van der Waals surface area contributed by atoms with Crippen molar-refractivity contribution in [3.63, 3.8) is 0 Å². The standard InChI is InChI=1S/C27H33BrN2O3S/c1-3-21(4-2)29-34(32,33)22-7-5-6-19(16-22)25(31)30-18-27(14-12-26(10-11-26)13-15-27)23-17-20(28)8-9-24(23)30/h5-9,16-17,21,29H,3-4,10-15,18H2,1-2H3. The number of nitrogens with one attached hydrogen (secondary N) is 1. The van der Waals surface area contributed by atoms with E-state index in [1.807, 2.05) is 30.9 Å². The molecule has 3 aliphatic rings. The van der Waals surface area contributed by atoms with Crippen LogP contribution in [0.3, 0.4) is 0 Å². The van der Waals surface area contributed by atoms with Gasteiger partial charge in [0.1, 0.15) is 0 Å². The second-order valence-electron chi connectivity index (χ2n) is 10.5. The molecule has 1 heterocycles. The second kappa shape index (κ2) is 8.75. The van der Waals surface area contributed by atoms with E-state index in [0.29, 0.717) is 17.5 Å². The van der Waals surface area contributed by atoms with Crippen molar-refractivity contribution in [1.29, 1.82) is 0 Å². The Hall–Kier alpha value is -1.70. The number of hydrogen-bond acceptors (Lipinski definition) is 3. The van der Waals surface area contributed by atoms with Gasteiger partial charge in [-0.2, -0.15) is 0 Å². The first-order valence-electron chi connectivity index (χ1n) is 12.5. The van der Waals surface area contributed by atoms with Crippen molar-refractivity contribution in [3.05, 3.63) is 58.1 Å². The molecule has 2 spiro atoms. The molecule has 2 aromatic carbocycles. The summed E-state index contributed by atoms with van der Waals surface area (Å²) in [5.41, 5.74) is 3.18. The number of carbonyl (C=O) groups is 1. The molecule has 5 rings (SSSR count). The molecule has 2 aromatic rings. The number of nitrogens with zero attached hydrogens (tertiary/aromatic N) is 1. The van der Waals surface area contributed by atoms with Gasteiger partial charge in [0.05, 0.1) is 4.90 Å². The quantitative estimate of drug-likeness (QED) is 0.472. The Morgan fingerprint density at radius 1 is 1.03 bits per heavy atom. The maximum absolute atomic E-state index is 13.8. The molecule has 2 aliphatic carbocycles. The summed E-state index contributed by atoms with van der Waals surface area (Å²) < 4.78 is 29.7. The third-order valence-electron chi connectivity index (χ3n) is 8.45. The number of carbonyl (C=O) groups excluding carboxylic acids is 1. The highest BCUT2D eigenvalue weighted by Crippen LogP contribution is 2.62. The second-order valence-corrected chi connectivity index (χ2v) is 13.1. The Kier molecular flexibility index (Phi) is 6.18. The maximum atomic E-state index is 13.8. The van der Waals surface area contributed by atoms with Crippen LogP contribution in [-0.4, -0.2) is 26.9 Å². The van der Waals surface area contributed by atoms with E-state index in [0.717, 1.165) is 35.8 Å². The van der Waals surface area contributed by atoms with Crippen LogP contribution in [0.15, 0.2) is 51.8 Å². The molecule has 5 nitrogen and oxygen atoms in total. The number of fused-ring (bicyclic) bond motifs is 2. The highest BCUT2D eigenvalue weighted by atomic mass is 79.9. The van der Waals surface area contributed by atoms with Crippen LogP contribution in [0.25, 0.3) is 0 Å². The lowest BCUT2D eigenvalue weighted by Gasteiger charge is -2.38. The van der Waals surface area contributed by atoms with E-state index in [1.54, 1.807) is 18.2 Å². The van der Waals surface area contributed by atoms with Crippen molar-refractivity contribution in [3.8, 4) is 0 Å². The van der Waals surface area contributed by atoms with E-state index in [-0.39, 0.29) is 22.3 Å². The Morgan fingerprint density at radius 3 is 2.35 bits per heavy atom. The first-order valence-corrected chi connectivity index (χ1v) is 14.7. The fraction of sp³-hybridized carbons (Fsp3) is 0.519. The van der Waals surface area contributed by atoms with Crippen LogP contribution in [0.2, 0.25) is 0 Å². The lowest BCUT2D eigenvalue weighted by atomic mass is 9.66. The number of halogens is 1. The van der Waals surface area contributed by atoms with Crippen molar-refractivity contribution >= 4 is 37.5 Å². The number of rotatable bonds is 6. The number of amides is 1. The Morgan fingerprint density at radius 2 is 1.71 bits per heavy atom. The molecule has 0 bridgehead atoms. The van der Waals surface area contributed by atoms with Crippen LogP contribution in [0.4, 0.5) is 5.69 Å². The van der Waals surface area contributed by atoms with Crippen molar-refractivity contribution in [2.45, 2.75) is 81.6 Å². The summed E-state index contributed by atoms with van der Waals surface area (Å²) in [7, 11) is -3.69. The summed E-state index contributed by atoms with van der Waals surface area (Å²) in [6, 6.07) is 12.6. The smallest absolute Gasteiger partial charge is 0.258 e. The zero-order valence-corrected chi connectivity index (χ0v) is 22.3. The third-order valence-corrected chi connectivity index (χ3v) is 10.5. The lowest BCUT2D eigenvalue weighted by Crippen LogP contribution is -2.40. The minimum absolute atomic E-state index is 0.0106. The summed E-state index contributed by atoms with van der Waals surface area (Å²) >= 11 is 3.64. The normalized spacial score (nSPS) is 20.2. The predicted octanol–water partition coefficient (Wildman–Crippen LogP) is 6.17. The summed E-state index contributed by atoms with van der Waals surface area (Å²) in [6.45, 7) is 4.59. The first kappa shape index (κ1) is 24.0. The molecule has 0 saturated heterocycles. The SMILES string of the molecule is CCC(CC)NS(=O)(=O)c1cccc(C(=O)N2CC3(CCC4(CC4)CC3)c3cc(Br)ccc32)c1. The molecule has 34 heavy (non-hydrogen) atoms. The summed E-state index contributed by atoms with van der Waals surface area (Å²) in [5.74, 6) is -0.133. The van der Waals surface area contributed by atoms with Gasteiger partial charge in [0.15, 0.2) is 0 Å². The van der Waals surface area contributed by atoms with Crippen LogP contribution in [0, 0.1) is 5.41 Å².